The lowest BCUT2D eigenvalue weighted by atomic mass is 9.94. The first-order valence-electron chi connectivity index (χ1n) is 21.3. The number of aliphatic imine (C=N–C) groups is 1. The third-order valence-electron chi connectivity index (χ3n) is 13.4. The molecule has 2 aromatic rings. The maximum atomic E-state index is 13.4. The fourth-order valence-electron chi connectivity index (χ4n) is 9.54. The van der Waals surface area contributed by atoms with Gasteiger partial charge in [-0.25, -0.2) is 15.0 Å². The van der Waals surface area contributed by atoms with Gasteiger partial charge in [-0.2, -0.15) is 0 Å². The highest BCUT2D eigenvalue weighted by molar-refractivity contribution is 6.23. The van der Waals surface area contributed by atoms with E-state index in [4.69, 9.17) is 4.74 Å². The van der Waals surface area contributed by atoms with Crippen molar-refractivity contribution in [2.24, 2.45) is 27.1 Å². The largest absolute Gasteiger partial charge is 0.474 e. The van der Waals surface area contributed by atoms with Gasteiger partial charge < -0.3 is 24.3 Å². The average Bonchev–Trinajstić information content (AvgIpc) is 3.73. The van der Waals surface area contributed by atoms with Crippen LogP contribution < -0.4 is 15.1 Å². The lowest BCUT2D eigenvalue weighted by Gasteiger charge is -2.41. The Morgan fingerprint density at radius 2 is 1.47 bits per heavy atom. The lowest BCUT2D eigenvalue weighted by Crippen LogP contribution is -2.54. The molecule has 8 aliphatic rings. The van der Waals surface area contributed by atoms with Crippen LogP contribution in [0.25, 0.3) is 5.70 Å². The molecule has 16 nitrogen and oxygen atoms in total. The summed E-state index contributed by atoms with van der Waals surface area (Å²) in [6.45, 7) is 12.5. The van der Waals surface area contributed by atoms with Gasteiger partial charge in [-0.05, 0) is 81.9 Å². The molecular weight excluding hydrogens is 751 g/mol. The van der Waals surface area contributed by atoms with Crippen molar-refractivity contribution >= 4 is 46.7 Å². The minimum absolute atomic E-state index is 0. The highest BCUT2D eigenvalue weighted by atomic mass is 16.5. The van der Waals surface area contributed by atoms with Crippen molar-refractivity contribution < 1.29 is 26.8 Å². The van der Waals surface area contributed by atoms with Gasteiger partial charge in [0.25, 0.3) is 11.8 Å². The van der Waals surface area contributed by atoms with Gasteiger partial charge in [-0.1, -0.05) is 0 Å². The predicted molar refractivity (Wildman–Crippen MR) is 222 cm³/mol. The third-order valence-corrected chi connectivity index (χ3v) is 13.4. The first-order valence-corrected chi connectivity index (χ1v) is 21.3. The Labute approximate surface area is 346 Å². The second-order valence-corrected chi connectivity index (χ2v) is 17.5. The fourth-order valence-corrected chi connectivity index (χ4v) is 9.54. The second-order valence-electron chi connectivity index (χ2n) is 17.5. The zero-order chi connectivity index (χ0) is 40.3. The number of ether oxygens (including phenoxy) is 1. The van der Waals surface area contributed by atoms with Gasteiger partial charge >= 0.3 is 0 Å². The molecule has 59 heavy (non-hydrogen) atoms. The van der Waals surface area contributed by atoms with Gasteiger partial charge in [-0.3, -0.25) is 29.4 Å². The quantitative estimate of drug-likeness (QED) is 0.359. The number of azo groups is 1. The number of nitrogens with one attached hydrogen (secondary N) is 1. The zero-order valence-electron chi connectivity index (χ0n) is 33.5. The summed E-state index contributed by atoms with van der Waals surface area (Å²) in [5.74, 6) is 0.918. The number of imide groups is 2. The number of nitrogens with zero attached hydrogens (tertiary/aromatic N) is 10. The molecule has 1 aromatic carbocycles. The molecule has 1 unspecified atom stereocenters. The first-order chi connectivity index (χ1) is 28.7. The average molecular weight is 805 g/mol. The smallest absolute Gasteiger partial charge is 0.262 e. The van der Waals surface area contributed by atoms with Gasteiger partial charge in [0.2, 0.25) is 11.8 Å². The third kappa shape index (κ3) is 7.68. The number of hydrogen-bond acceptors (Lipinski definition) is 14. The number of carbonyl (C=O) groups excluding carboxylic acids is 4. The topological polar surface area (TPSA) is 169 Å². The minimum atomic E-state index is -0.954. The Morgan fingerprint density at radius 3 is 2.15 bits per heavy atom. The van der Waals surface area contributed by atoms with E-state index in [1.807, 2.05) is 18.6 Å². The van der Waals surface area contributed by atoms with Crippen molar-refractivity contribution in [3.8, 4) is 0 Å². The van der Waals surface area contributed by atoms with Crippen molar-refractivity contribution in [3.05, 3.63) is 71.3 Å². The molecule has 1 N–H and O–H groups in total. The SMILES string of the molecule is CC1(OC2=NC=C3N=NC(c4cc(N5CCC(CN6CCN(CC7CCN(c8ccc9c(c8)C(=O)N(C8CCC(=O)NC8=O)C9=O)CC7)CC6)CC5)ncn4)=C3[CH]2)CC1.[HH].[HH]. The molecule has 1 saturated carbocycles. The van der Waals surface area contributed by atoms with Gasteiger partial charge in [0.15, 0.2) is 5.90 Å². The molecule has 1 radical (unpaired) electrons. The summed E-state index contributed by atoms with van der Waals surface area (Å²) in [5, 5.41) is 11.1. The van der Waals surface area contributed by atoms with Crippen LogP contribution >= 0.6 is 0 Å². The summed E-state index contributed by atoms with van der Waals surface area (Å²) in [4.78, 5) is 75.2. The Balaban J connectivity index is 0.00000257. The zero-order valence-corrected chi connectivity index (χ0v) is 33.5. The molecule has 311 valence electrons. The molecule has 7 aliphatic heterocycles. The van der Waals surface area contributed by atoms with Crippen molar-refractivity contribution in [2.75, 3.05) is 75.2 Å². The van der Waals surface area contributed by atoms with Gasteiger partial charge in [0.1, 0.15) is 35.2 Å². The molecule has 4 amide bonds. The molecular formula is C43H54N11O5. The Bertz CT molecular complexity index is 2200. The number of piperazine rings is 1. The van der Waals surface area contributed by atoms with E-state index in [0.717, 1.165) is 143 Å². The van der Waals surface area contributed by atoms with E-state index in [9.17, 15) is 19.2 Å². The van der Waals surface area contributed by atoms with Gasteiger partial charge in [0, 0.05) is 92.0 Å². The van der Waals surface area contributed by atoms with E-state index in [0.29, 0.717) is 28.9 Å². The number of amides is 4. The highest BCUT2D eigenvalue weighted by Gasteiger charge is 2.45. The molecule has 5 fully saturated rings. The molecule has 16 heteroatoms. The van der Waals surface area contributed by atoms with Crippen molar-refractivity contribution in [1.29, 1.82) is 0 Å². The maximum Gasteiger partial charge on any atom is 0.262 e. The number of piperidine rings is 3. The lowest BCUT2D eigenvalue weighted by molar-refractivity contribution is -0.136. The van der Waals surface area contributed by atoms with E-state index in [1.165, 1.54) is 0 Å². The van der Waals surface area contributed by atoms with Crippen LogP contribution in [0, 0.1) is 18.3 Å². The number of carbonyl (C=O) groups is 4. The van der Waals surface area contributed by atoms with E-state index in [1.54, 1.807) is 24.7 Å². The van der Waals surface area contributed by atoms with E-state index >= 15 is 0 Å². The maximum absolute atomic E-state index is 13.4. The van der Waals surface area contributed by atoms with Crippen LogP contribution in [-0.2, 0) is 14.3 Å². The minimum Gasteiger partial charge on any atom is -0.474 e. The summed E-state index contributed by atoms with van der Waals surface area (Å²) in [6.07, 6.45) is 12.0. The number of benzene rings is 1. The number of allylic oxidation sites excluding steroid dienone is 1. The molecule has 8 heterocycles. The standard InChI is InChI=1S/C43H50N11O5.2H2/c1-43(10-11-43)59-38-21-32-34(23-44-38)48-49-39(32)33-22-36(46-26-45-33)53-14-8-28(9-15-53)25-51-18-16-50(17-19-51)24-27-6-12-52(13-7-27)29-2-3-30-31(20-29)42(58)54(41(30)57)35-4-5-37(55)47-40(35)56;;/h2-3,20-23,26-28,35H,4-19,24-25H2,1H3,(H,47,55,56);2*1H. The highest BCUT2D eigenvalue weighted by Crippen LogP contribution is 2.42. The Morgan fingerprint density at radius 1 is 0.797 bits per heavy atom. The van der Waals surface area contributed by atoms with Crippen LogP contribution in [-0.4, -0.2) is 131 Å². The van der Waals surface area contributed by atoms with Crippen LogP contribution in [0.4, 0.5) is 11.5 Å². The van der Waals surface area contributed by atoms with E-state index in [-0.39, 0.29) is 27.2 Å². The van der Waals surface area contributed by atoms with E-state index in [2.05, 4.69) is 57.0 Å². The second kappa shape index (κ2) is 15.4. The Hall–Kier alpha value is -5.35. The Kier molecular flexibility index (Phi) is 9.86. The van der Waals surface area contributed by atoms with Crippen LogP contribution in [0.1, 0.15) is 87.6 Å². The number of anilines is 2. The number of fused-ring (bicyclic) bond motifs is 2. The predicted octanol–water partition coefficient (Wildman–Crippen LogP) is 4.32. The molecule has 0 bridgehead atoms. The summed E-state index contributed by atoms with van der Waals surface area (Å²) in [7, 11) is 0. The number of aromatic nitrogens is 2. The summed E-state index contributed by atoms with van der Waals surface area (Å²) < 4.78 is 6.11. The van der Waals surface area contributed by atoms with Crippen molar-refractivity contribution in [3.63, 3.8) is 0 Å². The first kappa shape index (κ1) is 37.9. The van der Waals surface area contributed by atoms with Crippen LogP contribution in [0.15, 0.2) is 63.3 Å². The number of rotatable bonds is 9. The number of hydrogen-bond donors (Lipinski definition) is 1. The summed E-state index contributed by atoms with van der Waals surface area (Å²) in [6, 6.07) is 6.51. The normalized spacial score (nSPS) is 25.3. The van der Waals surface area contributed by atoms with Gasteiger partial charge in [0.05, 0.1) is 29.4 Å². The van der Waals surface area contributed by atoms with Crippen LogP contribution in [0.2, 0.25) is 0 Å². The van der Waals surface area contributed by atoms with Crippen molar-refractivity contribution in [1.82, 2.24) is 30.0 Å². The molecule has 1 atom stereocenters. The van der Waals surface area contributed by atoms with Crippen molar-refractivity contribution in [2.45, 2.75) is 69.9 Å². The summed E-state index contributed by atoms with van der Waals surface area (Å²) >= 11 is 0. The van der Waals surface area contributed by atoms with Gasteiger partial charge in [-0.15, -0.1) is 10.2 Å². The van der Waals surface area contributed by atoms with Crippen LogP contribution in [0.5, 0.6) is 0 Å². The summed E-state index contributed by atoms with van der Waals surface area (Å²) in [5.41, 5.74) is 4.58. The molecule has 1 aromatic heterocycles. The molecule has 4 saturated heterocycles. The fraction of sp³-hybridized carbons (Fsp3) is 0.535. The molecule has 1 aliphatic carbocycles. The van der Waals surface area contributed by atoms with E-state index < -0.39 is 23.8 Å². The molecule has 10 rings (SSSR count). The monoisotopic (exact) mass is 804 g/mol. The van der Waals surface area contributed by atoms with Crippen LogP contribution in [0.3, 0.4) is 0 Å². The molecule has 0 spiro atoms.